The Kier molecular flexibility index (Phi) is 3.92. The molecular weight excluding hydrogens is 134 g/mol. The van der Waals surface area contributed by atoms with Crippen molar-refractivity contribution in [2.45, 2.75) is 39.0 Å². The first-order valence-electron chi connectivity index (χ1n) is 4.99. The first-order valence-corrected chi connectivity index (χ1v) is 4.99. The van der Waals surface area contributed by atoms with Crippen LogP contribution in [0.3, 0.4) is 0 Å². The molecule has 66 valence electrons. The normalized spacial score (nSPS) is 21.3. The van der Waals surface area contributed by atoms with Crippen LogP contribution < -0.4 is 5.32 Å². The summed E-state index contributed by atoms with van der Waals surface area (Å²) in [6, 6.07) is 0. The summed E-state index contributed by atoms with van der Waals surface area (Å²) in [6.45, 7) is 3.61. The third kappa shape index (κ3) is 2.82. The number of nitrogens with one attached hydrogen (secondary N) is 1. The van der Waals surface area contributed by atoms with Crippen LogP contribution >= 0.6 is 0 Å². The summed E-state index contributed by atoms with van der Waals surface area (Å²) < 4.78 is 0. The summed E-state index contributed by atoms with van der Waals surface area (Å²) in [6.07, 6.45) is 7.27. The molecule has 1 N–H and O–H groups in total. The van der Waals surface area contributed by atoms with E-state index in [2.05, 4.69) is 12.2 Å². The van der Waals surface area contributed by atoms with Gasteiger partial charge in [0, 0.05) is 0 Å². The highest BCUT2D eigenvalue weighted by Crippen LogP contribution is 2.35. The predicted octanol–water partition coefficient (Wildman–Crippen LogP) is 2.42. The predicted molar refractivity (Wildman–Crippen MR) is 49.7 cm³/mol. The average molecular weight is 155 g/mol. The zero-order valence-corrected chi connectivity index (χ0v) is 7.90. The van der Waals surface area contributed by atoms with Crippen LogP contribution in [0.5, 0.6) is 0 Å². The van der Waals surface area contributed by atoms with Gasteiger partial charge in [0.25, 0.3) is 0 Å². The van der Waals surface area contributed by atoms with Gasteiger partial charge in [0.15, 0.2) is 0 Å². The van der Waals surface area contributed by atoms with E-state index >= 15 is 0 Å². The molecule has 0 aliphatic heterocycles. The average Bonchev–Trinajstić information content (AvgIpc) is 1.84. The van der Waals surface area contributed by atoms with Crippen molar-refractivity contribution in [1.82, 2.24) is 5.32 Å². The smallest absolute Gasteiger partial charge is 0.00518 e. The van der Waals surface area contributed by atoms with Crippen LogP contribution in [0.2, 0.25) is 0 Å². The summed E-state index contributed by atoms with van der Waals surface area (Å²) in [5, 5.41) is 3.20. The molecule has 11 heavy (non-hydrogen) atoms. The minimum Gasteiger partial charge on any atom is -0.320 e. The molecule has 0 spiro atoms. The van der Waals surface area contributed by atoms with E-state index in [4.69, 9.17) is 0 Å². The third-order valence-corrected chi connectivity index (χ3v) is 3.04. The molecule has 0 aromatic heterocycles. The molecule has 0 bridgehead atoms. The SMILES string of the molecule is CNCCCC(C)C1CCC1. The zero-order chi connectivity index (χ0) is 8.10. The van der Waals surface area contributed by atoms with Gasteiger partial charge in [0.2, 0.25) is 0 Å². The van der Waals surface area contributed by atoms with Gasteiger partial charge in [-0.25, -0.2) is 0 Å². The maximum Gasteiger partial charge on any atom is -0.00518 e. The fourth-order valence-electron chi connectivity index (χ4n) is 1.85. The van der Waals surface area contributed by atoms with Crippen LogP contribution in [-0.2, 0) is 0 Å². The molecule has 0 aromatic carbocycles. The number of hydrogen-bond acceptors (Lipinski definition) is 1. The van der Waals surface area contributed by atoms with E-state index in [1.54, 1.807) is 0 Å². The second-order valence-corrected chi connectivity index (χ2v) is 3.91. The standard InChI is InChI=1S/C10H21N/c1-9(5-4-8-11-2)10-6-3-7-10/h9-11H,3-8H2,1-2H3. The molecule has 0 heterocycles. The molecule has 1 fully saturated rings. The van der Waals surface area contributed by atoms with E-state index in [1.807, 2.05) is 7.05 Å². The van der Waals surface area contributed by atoms with Crippen molar-refractivity contribution in [3.63, 3.8) is 0 Å². The second-order valence-electron chi connectivity index (χ2n) is 3.91. The molecular formula is C10H21N. The Morgan fingerprint density at radius 1 is 1.45 bits per heavy atom. The molecule has 1 atom stereocenters. The second kappa shape index (κ2) is 4.76. The van der Waals surface area contributed by atoms with Crippen LogP contribution in [0.15, 0.2) is 0 Å². The van der Waals surface area contributed by atoms with Crippen LogP contribution in [0, 0.1) is 11.8 Å². The molecule has 1 aliphatic carbocycles. The molecule has 1 unspecified atom stereocenters. The van der Waals surface area contributed by atoms with Crippen LogP contribution in [0.25, 0.3) is 0 Å². The van der Waals surface area contributed by atoms with Crippen molar-refractivity contribution in [2.24, 2.45) is 11.8 Å². The maximum atomic E-state index is 3.20. The third-order valence-electron chi connectivity index (χ3n) is 3.04. The van der Waals surface area contributed by atoms with E-state index in [1.165, 1.54) is 38.6 Å². The minimum atomic E-state index is 0.983. The summed E-state index contributed by atoms with van der Waals surface area (Å²) in [5.41, 5.74) is 0. The van der Waals surface area contributed by atoms with Gasteiger partial charge in [-0.15, -0.1) is 0 Å². The number of hydrogen-bond donors (Lipinski definition) is 1. The van der Waals surface area contributed by atoms with Gasteiger partial charge in [-0.05, 0) is 38.3 Å². The van der Waals surface area contributed by atoms with E-state index in [9.17, 15) is 0 Å². The summed E-state index contributed by atoms with van der Waals surface area (Å²) >= 11 is 0. The molecule has 1 nitrogen and oxygen atoms in total. The highest BCUT2D eigenvalue weighted by atomic mass is 14.8. The van der Waals surface area contributed by atoms with Crippen LogP contribution in [0.1, 0.15) is 39.0 Å². The maximum absolute atomic E-state index is 3.20. The Hall–Kier alpha value is -0.0400. The lowest BCUT2D eigenvalue weighted by atomic mass is 9.75. The highest BCUT2D eigenvalue weighted by Gasteiger charge is 2.22. The van der Waals surface area contributed by atoms with Gasteiger partial charge in [0.05, 0.1) is 0 Å². The largest absolute Gasteiger partial charge is 0.320 e. The van der Waals surface area contributed by atoms with Crippen molar-refractivity contribution < 1.29 is 0 Å². The Labute approximate surface area is 70.6 Å². The first-order chi connectivity index (χ1) is 5.34. The number of rotatable bonds is 5. The Morgan fingerprint density at radius 2 is 2.18 bits per heavy atom. The van der Waals surface area contributed by atoms with Crippen molar-refractivity contribution in [3.8, 4) is 0 Å². The summed E-state index contributed by atoms with van der Waals surface area (Å²) in [7, 11) is 2.04. The van der Waals surface area contributed by atoms with Crippen LogP contribution in [0.4, 0.5) is 0 Å². The molecule has 0 saturated heterocycles. The lowest BCUT2D eigenvalue weighted by Crippen LogP contribution is -2.20. The molecule has 1 aliphatic rings. The Morgan fingerprint density at radius 3 is 2.64 bits per heavy atom. The van der Waals surface area contributed by atoms with Gasteiger partial charge < -0.3 is 5.32 Å². The van der Waals surface area contributed by atoms with Gasteiger partial charge in [-0.2, -0.15) is 0 Å². The van der Waals surface area contributed by atoms with Gasteiger partial charge >= 0.3 is 0 Å². The molecule has 1 saturated carbocycles. The van der Waals surface area contributed by atoms with E-state index in [0.717, 1.165) is 11.8 Å². The molecule has 0 amide bonds. The topological polar surface area (TPSA) is 12.0 Å². The first kappa shape index (κ1) is 9.05. The Balaban J connectivity index is 1.96. The fourth-order valence-corrected chi connectivity index (χ4v) is 1.85. The van der Waals surface area contributed by atoms with Crippen LogP contribution in [-0.4, -0.2) is 13.6 Å². The van der Waals surface area contributed by atoms with Crippen molar-refractivity contribution >= 4 is 0 Å². The van der Waals surface area contributed by atoms with Gasteiger partial charge in [0.1, 0.15) is 0 Å². The molecule has 0 radical (unpaired) electrons. The molecule has 0 aromatic rings. The van der Waals surface area contributed by atoms with Gasteiger partial charge in [-0.1, -0.05) is 26.2 Å². The lowest BCUT2D eigenvalue weighted by molar-refractivity contribution is 0.208. The van der Waals surface area contributed by atoms with E-state index < -0.39 is 0 Å². The fraction of sp³-hybridized carbons (Fsp3) is 1.00. The summed E-state index contributed by atoms with van der Waals surface area (Å²) in [4.78, 5) is 0. The van der Waals surface area contributed by atoms with E-state index in [0.29, 0.717) is 0 Å². The van der Waals surface area contributed by atoms with Crippen molar-refractivity contribution in [1.29, 1.82) is 0 Å². The minimum absolute atomic E-state index is 0.983. The zero-order valence-electron chi connectivity index (χ0n) is 7.90. The quantitative estimate of drug-likeness (QED) is 0.601. The highest BCUT2D eigenvalue weighted by molar-refractivity contribution is 4.74. The Bertz CT molecular complexity index is 97.0. The monoisotopic (exact) mass is 155 g/mol. The molecule has 1 heteroatoms. The van der Waals surface area contributed by atoms with Crippen molar-refractivity contribution in [2.75, 3.05) is 13.6 Å². The summed E-state index contributed by atoms with van der Waals surface area (Å²) in [5.74, 6) is 2.06. The van der Waals surface area contributed by atoms with Crippen molar-refractivity contribution in [3.05, 3.63) is 0 Å². The molecule has 1 rings (SSSR count). The van der Waals surface area contributed by atoms with Gasteiger partial charge in [-0.3, -0.25) is 0 Å². The lowest BCUT2D eigenvalue weighted by Gasteiger charge is -2.31. The van der Waals surface area contributed by atoms with E-state index in [-0.39, 0.29) is 0 Å².